The number of amides is 2. The fraction of sp³-hybridized carbons (Fsp3) is 0.571. The quantitative estimate of drug-likeness (QED) is 0.897. The van der Waals surface area contributed by atoms with Crippen LogP contribution in [0, 0.1) is 5.92 Å². The highest BCUT2D eigenvalue weighted by atomic mass is 32.1. The van der Waals surface area contributed by atoms with Crippen LogP contribution >= 0.6 is 11.3 Å². The summed E-state index contributed by atoms with van der Waals surface area (Å²) >= 11 is 1.64. The zero-order valence-electron chi connectivity index (χ0n) is 11.4. The van der Waals surface area contributed by atoms with E-state index in [4.69, 9.17) is 0 Å². The van der Waals surface area contributed by atoms with E-state index in [-0.39, 0.29) is 17.9 Å². The largest absolute Gasteiger partial charge is 0.344 e. The molecule has 4 nitrogen and oxygen atoms in total. The van der Waals surface area contributed by atoms with Gasteiger partial charge in [0.2, 0.25) is 11.8 Å². The highest BCUT2D eigenvalue weighted by Crippen LogP contribution is 2.15. The van der Waals surface area contributed by atoms with Gasteiger partial charge in [0.25, 0.3) is 0 Å². The lowest BCUT2D eigenvalue weighted by atomic mass is 10.1. The second-order valence-corrected chi connectivity index (χ2v) is 6.18. The van der Waals surface area contributed by atoms with Crippen LogP contribution in [-0.4, -0.2) is 29.3 Å². The summed E-state index contributed by atoms with van der Waals surface area (Å²) in [5, 5.41) is 6.84. The first-order valence-corrected chi connectivity index (χ1v) is 7.59. The minimum Gasteiger partial charge on any atom is -0.344 e. The van der Waals surface area contributed by atoms with Crippen LogP contribution in [-0.2, 0) is 16.1 Å². The number of carbonyl (C=O) groups is 2. The number of hydrogen-bond donors (Lipinski definition) is 1. The first-order chi connectivity index (χ1) is 9.06. The van der Waals surface area contributed by atoms with Gasteiger partial charge in [0.15, 0.2) is 0 Å². The zero-order chi connectivity index (χ0) is 13.8. The third kappa shape index (κ3) is 3.80. The van der Waals surface area contributed by atoms with Crippen LogP contribution in [0.1, 0.15) is 32.3 Å². The molecule has 0 saturated carbocycles. The van der Waals surface area contributed by atoms with Crippen molar-refractivity contribution in [1.82, 2.24) is 10.2 Å². The molecule has 0 bridgehead atoms. The van der Waals surface area contributed by atoms with Gasteiger partial charge in [-0.25, -0.2) is 0 Å². The van der Waals surface area contributed by atoms with Gasteiger partial charge >= 0.3 is 0 Å². The van der Waals surface area contributed by atoms with Gasteiger partial charge in [-0.3, -0.25) is 9.59 Å². The zero-order valence-corrected chi connectivity index (χ0v) is 12.2. The van der Waals surface area contributed by atoms with Crippen LogP contribution in [0.15, 0.2) is 16.8 Å². The highest BCUT2D eigenvalue weighted by molar-refractivity contribution is 7.07. The molecule has 2 rings (SSSR count). The molecule has 1 saturated heterocycles. The fourth-order valence-corrected chi connectivity index (χ4v) is 2.96. The molecule has 1 fully saturated rings. The summed E-state index contributed by atoms with van der Waals surface area (Å²) < 4.78 is 0. The highest BCUT2D eigenvalue weighted by Gasteiger charge is 2.30. The average Bonchev–Trinajstić information content (AvgIpc) is 2.98. The topological polar surface area (TPSA) is 49.4 Å². The van der Waals surface area contributed by atoms with Crippen molar-refractivity contribution >= 4 is 23.2 Å². The molecule has 2 amide bonds. The van der Waals surface area contributed by atoms with Crippen molar-refractivity contribution in [3.05, 3.63) is 22.4 Å². The molecule has 1 atom stereocenters. The van der Waals surface area contributed by atoms with Gasteiger partial charge in [-0.05, 0) is 34.7 Å². The third-order valence-corrected chi connectivity index (χ3v) is 3.88. The maximum atomic E-state index is 12.5. The molecule has 1 aliphatic rings. The van der Waals surface area contributed by atoms with E-state index in [1.54, 1.807) is 11.3 Å². The van der Waals surface area contributed by atoms with Gasteiger partial charge in [-0.2, -0.15) is 11.3 Å². The van der Waals surface area contributed by atoms with Gasteiger partial charge in [0.1, 0.15) is 6.04 Å². The molecule has 1 aliphatic heterocycles. The van der Waals surface area contributed by atoms with Crippen molar-refractivity contribution in [2.75, 3.05) is 6.54 Å². The van der Waals surface area contributed by atoms with E-state index in [9.17, 15) is 9.59 Å². The minimum absolute atomic E-state index is 0.0154. The molecular formula is C14H20N2O2S. The monoisotopic (exact) mass is 280 g/mol. The number of carbonyl (C=O) groups excluding carboxylic acids is 2. The SMILES string of the molecule is CC(C)CN(Cc1ccsc1)C(=O)[C@H]1CCC(=O)N1. The lowest BCUT2D eigenvalue weighted by Gasteiger charge is -2.27. The Bertz CT molecular complexity index is 442. The first-order valence-electron chi connectivity index (χ1n) is 6.65. The summed E-state index contributed by atoms with van der Waals surface area (Å²) in [6, 6.07) is 1.71. The Morgan fingerprint density at radius 3 is 2.89 bits per heavy atom. The third-order valence-electron chi connectivity index (χ3n) is 3.14. The van der Waals surface area contributed by atoms with Crippen molar-refractivity contribution in [3.8, 4) is 0 Å². The molecule has 0 radical (unpaired) electrons. The molecule has 19 heavy (non-hydrogen) atoms. The summed E-state index contributed by atoms with van der Waals surface area (Å²) in [7, 11) is 0. The van der Waals surface area contributed by atoms with Crippen LogP contribution in [0.25, 0.3) is 0 Å². The minimum atomic E-state index is -0.329. The van der Waals surface area contributed by atoms with Crippen molar-refractivity contribution < 1.29 is 9.59 Å². The van der Waals surface area contributed by atoms with E-state index >= 15 is 0 Å². The van der Waals surface area contributed by atoms with Crippen molar-refractivity contribution in [3.63, 3.8) is 0 Å². The van der Waals surface area contributed by atoms with Gasteiger partial charge < -0.3 is 10.2 Å². The first kappa shape index (κ1) is 14.1. The molecule has 1 aromatic heterocycles. The van der Waals surface area contributed by atoms with Gasteiger partial charge in [0.05, 0.1) is 0 Å². The van der Waals surface area contributed by atoms with Crippen molar-refractivity contribution in [2.45, 2.75) is 39.3 Å². The van der Waals surface area contributed by atoms with Gasteiger partial charge in [0, 0.05) is 19.5 Å². The lowest BCUT2D eigenvalue weighted by molar-refractivity contribution is -0.135. The van der Waals surface area contributed by atoms with Crippen LogP contribution < -0.4 is 5.32 Å². The van der Waals surface area contributed by atoms with Crippen LogP contribution in [0.5, 0.6) is 0 Å². The Hall–Kier alpha value is -1.36. The molecule has 0 aliphatic carbocycles. The molecule has 1 aromatic rings. The number of hydrogen-bond acceptors (Lipinski definition) is 3. The predicted molar refractivity (Wildman–Crippen MR) is 75.7 cm³/mol. The normalized spacial score (nSPS) is 18.7. The maximum Gasteiger partial charge on any atom is 0.245 e. The van der Waals surface area contributed by atoms with E-state index in [0.29, 0.717) is 25.3 Å². The molecular weight excluding hydrogens is 260 g/mol. The molecule has 5 heteroatoms. The number of thiophene rings is 1. The van der Waals surface area contributed by atoms with Crippen LogP contribution in [0.4, 0.5) is 0 Å². The van der Waals surface area contributed by atoms with Crippen LogP contribution in [0.3, 0.4) is 0 Å². The lowest BCUT2D eigenvalue weighted by Crippen LogP contribution is -2.45. The van der Waals surface area contributed by atoms with E-state index < -0.39 is 0 Å². The smallest absolute Gasteiger partial charge is 0.245 e. The Kier molecular flexibility index (Phi) is 4.58. The summed E-state index contributed by atoms with van der Waals surface area (Å²) in [4.78, 5) is 25.6. The molecule has 1 N–H and O–H groups in total. The van der Waals surface area contributed by atoms with Crippen molar-refractivity contribution in [1.29, 1.82) is 0 Å². The fourth-order valence-electron chi connectivity index (χ4n) is 2.30. The maximum absolute atomic E-state index is 12.5. The predicted octanol–water partition coefficient (Wildman–Crippen LogP) is 2.01. The summed E-state index contributed by atoms with van der Waals surface area (Å²) in [6.45, 7) is 5.55. The Morgan fingerprint density at radius 1 is 1.58 bits per heavy atom. The molecule has 104 valence electrons. The summed E-state index contributed by atoms with van der Waals surface area (Å²) in [6.07, 6.45) is 1.08. The second-order valence-electron chi connectivity index (χ2n) is 5.40. The Morgan fingerprint density at radius 2 is 2.37 bits per heavy atom. The molecule has 0 spiro atoms. The Labute approximate surface area is 117 Å². The average molecular weight is 280 g/mol. The number of nitrogens with one attached hydrogen (secondary N) is 1. The van der Waals surface area contributed by atoms with E-state index in [2.05, 4.69) is 24.5 Å². The number of nitrogens with zero attached hydrogens (tertiary/aromatic N) is 1. The van der Waals surface area contributed by atoms with Crippen molar-refractivity contribution in [2.24, 2.45) is 5.92 Å². The molecule has 0 aromatic carbocycles. The number of rotatable bonds is 5. The molecule has 2 heterocycles. The summed E-state index contributed by atoms with van der Waals surface area (Å²) in [5.74, 6) is 0.448. The molecule has 0 unspecified atom stereocenters. The van der Waals surface area contributed by atoms with E-state index in [0.717, 1.165) is 12.1 Å². The standard InChI is InChI=1S/C14H20N2O2S/c1-10(2)7-16(8-11-5-6-19-9-11)14(18)12-3-4-13(17)15-12/h5-6,9-10,12H,3-4,7-8H2,1-2H3,(H,15,17)/t12-/m1/s1. The van der Waals surface area contributed by atoms with Gasteiger partial charge in [-0.1, -0.05) is 13.8 Å². The van der Waals surface area contributed by atoms with Crippen LogP contribution in [0.2, 0.25) is 0 Å². The van der Waals surface area contributed by atoms with E-state index in [1.165, 1.54) is 0 Å². The second kappa shape index (κ2) is 6.19. The Balaban J connectivity index is 2.03. The van der Waals surface area contributed by atoms with Gasteiger partial charge in [-0.15, -0.1) is 0 Å². The summed E-state index contributed by atoms with van der Waals surface area (Å²) in [5.41, 5.74) is 1.16. The van der Waals surface area contributed by atoms with E-state index in [1.807, 2.05) is 16.3 Å².